The molecule has 24 heavy (non-hydrogen) atoms. The minimum Gasteiger partial charge on any atom is -0.366 e. The summed E-state index contributed by atoms with van der Waals surface area (Å²) in [4.78, 5) is 11.7. The van der Waals surface area contributed by atoms with Gasteiger partial charge in [-0.2, -0.15) is 5.10 Å². The quantitative estimate of drug-likeness (QED) is 0.776. The zero-order valence-electron chi connectivity index (χ0n) is 21.5. The van der Waals surface area contributed by atoms with Crippen molar-refractivity contribution < 1.29 is 17.1 Å². The molecule has 5 unspecified atom stereocenters. The number of carbonyl (C=O) groups is 1. The molecule has 0 aliphatic carbocycles. The zero-order chi connectivity index (χ0) is 24.4. The number of nitrogens with one attached hydrogen (secondary N) is 1. The Labute approximate surface area is 153 Å². The first-order valence-corrected chi connectivity index (χ1v) is 7.25. The Hall–Kier alpha value is -2.66. The zero-order valence-corrected chi connectivity index (χ0v) is 12.5. The third kappa shape index (κ3) is 2.67. The molecule has 5 atom stereocenters. The number of fused-ring (bicyclic) bond motifs is 1. The number of nitrogens with two attached hydrogens (primary N) is 1. The van der Waals surface area contributed by atoms with Crippen LogP contribution in [0.4, 0.5) is 0 Å². The molecule has 3 N–H and O–H groups in total. The molecule has 1 saturated heterocycles. The Morgan fingerprint density at radius 3 is 3.04 bits per heavy atom. The van der Waals surface area contributed by atoms with Gasteiger partial charge < -0.3 is 11.1 Å². The third-order valence-electron chi connectivity index (χ3n) is 3.64. The molecule has 3 aromatic rings. The topological polar surface area (TPSA) is 72.9 Å². The molecule has 5 heteroatoms. The van der Waals surface area contributed by atoms with Gasteiger partial charge >= 0.3 is 0 Å². The number of piperidine rings is 1. The lowest BCUT2D eigenvalue weighted by molar-refractivity contribution is 0.100. The number of amides is 1. The van der Waals surface area contributed by atoms with Crippen molar-refractivity contribution in [2.75, 3.05) is 13.0 Å². The monoisotopic (exact) mass is 329 g/mol. The highest BCUT2D eigenvalue weighted by Gasteiger charge is 2.15. The molecule has 122 valence electrons. The van der Waals surface area contributed by atoms with Crippen LogP contribution in [-0.4, -0.2) is 28.7 Å². The van der Waals surface area contributed by atoms with Crippen molar-refractivity contribution in [1.82, 2.24) is 15.1 Å². The number of primary amides is 1. The molecule has 2 heterocycles. The molecule has 1 aliphatic rings. The van der Waals surface area contributed by atoms with Gasteiger partial charge in [-0.05, 0) is 48.9 Å². The minimum absolute atomic E-state index is 0.122. The molecule has 0 spiro atoms. The molecular weight excluding hydrogens is 300 g/mol. The lowest BCUT2D eigenvalue weighted by Crippen LogP contribution is -2.28. The van der Waals surface area contributed by atoms with Crippen LogP contribution in [0.25, 0.3) is 16.6 Å². The number of rotatable bonds is 3. The fraction of sp³-hybridized carbons (Fsp3) is 0.263. The summed E-state index contributed by atoms with van der Waals surface area (Å²) in [6.07, 6.45) is -1.67. The van der Waals surface area contributed by atoms with Crippen LogP contribution in [0.2, 0.25) is 0 Å². The standard InChI is InChI=1S/C19H20N4O/c20-19(24)17-5-1-3-15-12-23(22-18(15)17)16-8-6-13(7-9-16)14-4-2-10-21-11-14/h1,3,5-9,12,14,21H,2,4,10-11H2,(H2,20,24)/i2D,4D,6D,7D,8D,9D,10D,11D,14D. The Bertz CT molecular complexity index is 1250. The normalized spacial score (nSPS) is 38.6. The molecule has 1 aromatic heterocycles. The molecule has 5 nitrogen and oxygen atoms in total. The van der Waals surface area contributed by atoms with E-state index in [1.165, 1.54) is 12.3 Å². The number of aromatic nitrogens is 2. The summed E-state index contributed by atoms with van der Waals surface area (Å²) < 4.78 is 76.2. The van der Waals surface area contributed by atoms with Crippen LogP contribution in [0.1, 0.15) is 46.9 Å². The summed E-state index contributed by atoms with van der Waals surface area (Å²) in [5, 5.41) is 7.13. The molecule has 0 radical (unpaired) electrons. The van der Waals surface area contributed by atoms with Gasteiger partial charge in [0, 0.05) is 25.0 Å². The van der Waals surface area contributed by atoms with Crippen molar-refractivity contribution in [3.63, 3.8) is 0 Å². The summed E-state index contributed by atoms with van der Waals surface area (Å²) in [7, 11) is 0. The average Bonchev–Trinajstić information content (AvgIpc) is 3.19. The summed E-state index contributed by atoms with van der Waals surface area (Å²) in [5.41, 5.74) is 4.99. The largest absolute Gasteiger partial charge is 0.366 e. The van der Waals surface area contributed by atoms with Gasteiger partial charge in [0.05, 0.1) is 16.7 Å². The fourth-order valence-corrected chi connectivity index (χ4v) is 2.47. The van der Waals surface area contributed by atoms with Crippen LogP contribution in [0.15, 0.2) is 48.6 Å². The van der Waals surface area contributed by atoms with E-state index in [0.717, 1.165) is 4.68 Å². The number of hydrogen-bond donors (Lipinski definition) is 2. The van der Waals surface area contributed by atoms with E-state index in [1.54, 1.807) is 12.1 Å². The Kier molecular flexibility index (Phi) is 2.02. The van der Waals surface area contributed by atoms with Gasteiger partial charge in [0.1, 0.15) is 5.52 Å². The van der Waals surface area contributed by atoms with E-state index in [2.05, 4.69) is 10.4 Å². The van der Waals surface area contributed by atoms with Crippen LogP contribution in [0.3, 0.4) is 0 Å². The number of benzene rings is 2. The second kappa shape index (κ2) is 6.09. The molecule has 1 fully saturated rings. The van der Waals surface area contributed by atoms with Crippen molar-refractivity contribution in [2.24, 2.45) is 5.73 Å². The van der Waals surface area contributed by atoms with Gasteiger partial charge in [0.25, 0.3) is 5.91 Å². The molecule has 1 aliphatic heterocycles. The van der Waals surface area contributed by atoms with Gasteiger partial charge in [-0.1, -0.05) is 24.2 Å². The van der Waals surface area contributed by atoms with E-state index in [1.807, 2.05) is 0 Å². The predicted molar refractivity (Wildman–Crippen MR) is 94.4 cm³/mol. The van der Waals surface area contributed by atoms with Crippen LogP contribution >= 0.6 is 0 Å². The van der Waals surface area contributed by atoms with E-state index < -0.39 is 67.4 Å². The van der Waals surface area contributed by atoms with Crippen molar-refractivity contribution in [1.29, 1.82) is 0 Å². The third-order valence-corrected chi connectivity index (χ3v) is 3.64. The van der Waals surface area contributed by atoms with Crippen molar-refractivity contribution >= 4 is 16.8 Å². The van der Waals surface area contributed by atoms with E-state index in [4.69, 9.17) is 18.1 Å². The second-order valence-electron chi connectivity index (χ2n) is 5.20. The minimum atomic E-state index is -2.32. The summed E-state index contributed by atoms with van der Waals surface area (Å²) in [5.74, 6) is -3.04. The van der Waals surface area contributed by atoms with E-state index in [9.17, 15) is 4.79 Å². The first kappa shape index (κ1) is 7.94. The molecule has 4 rings (SSSR count). The van der Waals surface area contributed by atoms with Crippen molar-refractivity contribution in [2.45, 2.75) is 18.7 Å². The van der Waals surface area contributed by atoms with Gasteiger partial charge in [0.15, 0.2) is 0 Å². The fourth-order valence-electron chi connectivity index (χ4n) is 2.47. The lowest BCUT2D eigenvalue weighted by Gasteiger charge is -2.23. The van der Waals surface area contributed by atoms with Crippen LogP contribution < -0.4 is 11.1 Å². The molecule has 0 bridgehead atoms. The first-order chi connectivity index (χ1) is 15.4. The van der Waals surface area contributed by atoms with Gasteiger partial charge in [-0.3, -0.25) is 4.79 Å². The van der Waals surface area contributed by atoms with Crippen LogP contribution in [-0.2, 0) is 0 Å². The van der Waals surface area contributed by atoms with E-state index >= 15 is 0 Å². The SMILES string of the molecule is [2H]c1c([2H])c(C2([2H])C([2H])NC([2H])C([2H])C2[2H])c([2H])c([2H])c1-n1cc2cccc(C(N)=O)c2n1. The average molecular weight is 329 g/mol. The van der Waals surface area contributed by atoms with Gasteiger partial charge in [-0.25, -0.2) is 4.68 Å². The highest BCUT2D eigenvalue weighted by Crippen LogP contribution is 2.25. The van der Waals surface area contributed by atoms with Crippen molar-refractivity contribution in [3.8, 4) is 5.69 Å². The molecule has 2 aromatic carbocycles. The van der Waals surface area contributed by atoms with Crippen LogP contribution in [0, 0.1) is 0 Å². The maximum Gasteiger partial charge on any atom is 0.250 e. The van der Waals surface area contributed by atoms with E-state index in [-0.39, 0.29) is 16.8 Å². The Balaban J connectivity index is 1.95. The molecular formula is C19H20N4O. The van der Waals surface area contributed by atoms with E-state index in [0.29, 0.717) is 5.39 Å². The highest BCUT2D eigenvalue weighted by molar-refractivity contribution is 6.04. The maximum absolute atomic E-state index is 11.7. The maximum atomic E-state index is 11.7. The second-order valence-corrected chi connectivity index (χ2v) is 5.20. The van der Waals surface area contributed by atoms with Crippen LogP contribution in [0.5, 0.6) is 0 Å². The smallest absolute Gasteiger partial charge is 0.250 e. The highest BCUT2D eigenvalue weighted by atomic mass is 16.1. The summed E-state index contributed by atoms with van der Waals surface area (Å²) in [6, 6.07) is 2.32. The number of carbonyl (C=O) groups excluding carboxylic acids is 1. The Morgan fingerprint density at radius 1 is 1.42 bits per heavy atom. The Morgan fingerprint density at radius 2 is 2.25 bits per heavy atom. The van der Waals surface area contributed by atoms with Crippen molar-refractivity contribution in [3.05, 3.63) is 59.7 Å². The molecule has 0 saturated carbocycles. The number of hydrogen-bond acceptors (Lipinski definition) is 3. The summed E-state index contributed by atoms with van der Waals surface area (Å²) in [6.45, 7) is -2.91. The van der Waals surface area contributed by atoms with Gasteiger partial charge in [-0.15, -0.1) is 0 Å². The molecule has 1 amide bonds. The lowest BCUT2D eigenvalue weighted by atomic mass is 9.92. The predicted octanol–water partition coefficient (Wildman–Crippen LogP) is 2.59. The first-order valence-electron chi connectivity index (χ1n) is 12.1. The van der Waals surface area contributed by atoms with Gasteiger partial charge in [0.2, 0.25) is 0 Å². The number of nitrogens with zero attached hydrogens (tertiary/aromatic N) is 2. The summed E-state index contributed by atoms with van der Waals surface area (Å²) >= 11 is 0.